The summed E-state index contributed by atoms with van der Waals surface area (Å²) in [6.45, 7) is 1.66. The van der Waals surface area contributed by atoms with E-state index in [1.807, 2.05) is 22.6 Å². The quantitative estimate of drug-likeness (QED) is 0.171. The van der Waals surface area contributed by atoms with Gasteiger partial charge in [0.05, 0.1) is 22.9 Å². The monoisotopic (exact) mass is 726 g/mol. The SMILES string of the molecule is CC(=O)N(Cc1cc(C(F)(F)F)cc(C(F)(F)F)c1)C1CCCN(C(=O)OC(C)CI)c2c(OC(F)(F)F)cccc21. The topological polar surface area (TPSA) is 59.1 Å². The van der Waals surface area contributed by atoms with Crippen molar-refractivity contribution in [2.75, 3.05) is 15.9 Å². The fraction of sp³-hybridized carbons (Fsp3) is 0.462. The maximum atomic E-state index is 13.4. The molecule has 2 amide bonds. The number of amides is 2. The summed E-state index contributed by atoms with van der Waals surface area (Å²) in [5.41, 5.74) is -4.10. The van der Waals surface area contributed by atoms with Crippen LogP contribution >= 0.6 is 22.6 Å². The Balaban J connectivity index is 2.16. The zero-order chi connectivity index (χ0) is 31.6. The number of carbonyl (C=O) groups is 2. The highest BCUT2D eigenvalue weighted by atomic mass is 127. The Morgan fingerprint density at radius 1 is 1.02 bits per heavy atom. The van der Waals surface area contributed by atoms with Crippen molar-refractivity contribution in [1.29, 1.82) is 0 Å². The Kier molecular flexibility index (Phi) is 10.2. The van der Waals surface area contributed by atoms with E-state index in [4.69, 9.17) is 4.74 Å². The summed E-state index contributed by atoms with van der Waals surface area (Å²) in [5, 5.41) is 0. The fourth-order valence-corrected chi connectivity index (χ4v) is 4.72. The van der Waals surface area contributed by atoms with Crippen LogP contribution in [0.3, 0.4) is 0 Å². The molecule has 0 aliphatic carbocycles. The maximum absolute atomic E-state index is 13.4. The first-order chi connectivity index (χ1) is 19.3. The summed E-state index contributed by atoms with van der Waals surface area (Å²) in [4.78, 5) is 27.7. The predicted molar refractivity (Wildman–Crippen MR) is 140 cm³/mol. The predicted octanol–water partition coefficient (Wildman–Crippen LogP) is 8.27. The Labute approximate surface area is 247 Å². The van der Waals surface area contributed by atoms with Gasteiger partial charge in [-0.05, 0) is 49.6 Å². The van der Waals surface area contributed by atoms with Crippen LogP contribution in [0.15, 0.2) is 36.4 Å². The van der Waals surface area contributed by atoms with E-state index in [2.05, 4.69) is 4.74 Å². The third-order valence-electron chi connectivity index (χ3n) is 6.26. The van der Waals surface area contributed by atoms with Crippen LogP contribution in [0.5, 0.6) is 5.75 Å². The van der Waals surface area contributed by atoms with E-state index in [0.717, 1.165) is 22.8 Å². The molecule has 2 unspecified atom stereocenters. The number of nitrogens with zero attached hydrogens (tertiary/aromatic N) is 2. The number of benzene rings is 2. The average Bonchev–Trinajstić information content (AvgIpc) is 3.05. The van der Waals surface area contributed by atoms with Crippen molar-refractivity contribution in [3.05, 3.63) is 58.7 Å². The van der Waals surface area contributed by atoms with Crippen molar-refractivity contribution in [1.82, 2.24) is 4.90 Å². The van der Waals surface area contributed by atoms with Crippen molar-refractivity contribution in [2.24, 2.45) is 0 Å². The minimum atomic E-state index is -5.19. The Morgan fingerprint density at radius 2 is 1.62 bits per heavy atom. The molecule has 3 rings (SSSR count). The van der Waals surface area contributed by atoms with Crippen molar-refractivity contribution in [3.8, 4) is 5.75 Å². The minimum absolute atomic E-state index is 0.00123. The number of alkyl halides is 10. The van der Waals surface area contributed by atoms with E-state index in [1.165, 1.54) is 12.1 Å². The number of anilines is 1. The second-order valence-corrected chi connectivity index (χ2v) is 10.3. The third-order valence-corrected chi connectivity index (χ3v) is 7.51. The summed E-state index contributed by atoms with van der Waals surface area (Å²) < 4.78 is 131. The average molecular weight is 726 g/mol. The third kappa shape index (κ3) is 8.34. The van der Waals surface area contributed by atoms with E-state index in [-0.39, 0.29) is 36.7 Å². The molecule has 1 aliphatic heterocycles. The lowest BCUT2D eigenvalue weighted by molar-refractivity contribution is -0.274. The van der Waals surface area contributed by atoms with Crippen LogP contribution in [0.25, 0.3) is 0 Å². The number of para-hydroxylation sites is 1. The van der Waals surface area contributed by atoms with Crippen LogP contribution in [0.1, 0.15) is 55.0 Å². The van der Waals surface area contributed by atoms with E-state index in [1.54, 1.807) is 6.92 Å². The summed E-state index contributed by atoms with van der Waals surface area (Å²) in [6, 6.07) is 3.15. The highest BCUT2D eigenvalue weighted by molar-refractivity contribution is 14.1. The summed E-state index contributed by atoms with van der Waals surface area (Å²) >= 11 is 1.94. The Bertz CT molecular complexity index is 1270. The van der Waals surface area contributed by atoms with Gasteiger partial charge in [0.25, 0.3) is 0 Å². The van der Waals surface area contributed by atoms with Crippen LogP contribution in [-0.2, 0) is 28.4 Å². The Morgan fingerprint density at radius 3 is 2.12 bits per heavy atom. The van der Waals surface area contributed by atoms with Crippen molar-refractivity contribution in [2.45, 2.75) is 64.1 Å². The number of hydrogen-bond acceptors (Lipinski definition) is 4. The maximum Gasteiger partial charge on any atom is 0.573 e. The van der Waals surface area contributed by atoms with Gasteiger partial charge in [0.2, 0.25) is 5.91 Å². The number of halogens is 10. The van der Waals surface area contributed by atoms with Gasteiger partial charge in [-0.25, -0.2) is 4.79 Å². The van der Waals surface area contributed by atoms with Gasteiger partial charge in [-0.15, -0.1) is 13.2 Å². The molecule has 0 fully saturated rings. The zero-order valence-electron chi connectivity index (χ0n) is 22.0. The van der Waals surface area contributed by atoms with Gasteiger partial charge in [-0.3, -0.25) is 9.69 Å². The van der Waals surface area contributed by atoms with Crippen molar-refractivity contribution < 1.29 is 58.6 Å². The molecule has 232 valence electrons. The highest BCUT2D eigenvalue weighted by Gasteiger charge is 2.40. The summed E-state index contributed by atoms with van der Waals surface area (Å²) in [5.74, 6) is -1.58. The van der Waals surface area contributed by atoms with Crippen LogP contribution in [0, 0.1) is 0 Å². The molecule has 2 aromatic rings. The molecule has 2 aromatic carbocycles. The van der Waals surface area contributed by atoms with Gasteiger partial charge >= 0.3 is 24.8 Å². The molecule has 0 spiro atoms. The van der Waals surface area contributed by atoms with Crippen molar-refractivity contribution >= 4 is 40.3 Å². The highest BCUT2D eigenvalue weighted by Crippen LogP contribution is 2.45. The Hall–Kier alpha value is -2.92. The molecular formula is C26H24F9IN2O4. The molecule has 1 aliphatic rings. The number of fused-ring (bicyclic) bond motifs is 1. The van der Waals surface area contributed by atoms with Crippen molar-refractivity contribution in [3.63, 3.8) is 0 Å². The molecule has 6 nitrogen and oxygen atoms in total. The lowest BCUT2D eigenvalue weighted by Gasteiger charge is -2.33. The van der Waals surface area contributed by atoms with Gasteiger partial charge in [0.1, 0.15) is 6.10 Å². The lowest BCUT2D eigenvalue weighted by Crippen LogP contribution is -2.36. The van der Waals surface area contributed by atoms with E-state index in [9.17, 15) is 49.1 Å². The molecule has 0 radical (unpaired) electrons. The van der Waals surface area contributed by atoms with Crippen LogP contribution in [0.4, 0.5) is 50.0 Å². The second-order valence-electron chi connectivity index (χ2n) is 9.46. The number of ether oxygens (including phenoxy) is 2. The normalized spacial score (nSPS) is 16.8. The van der Waals surface area contributed by atoms with E-state index in [0.29, 0.717) is 16.6 Å². The lowest BCUT2D eigenvalue weighted by atomic mass is 9.97. The second kappa shape index (κ2) is 12.8. The number of carbonyl (C=O) groups excluding carboxylic acids is 2. The zero-order valence-corrected chi connectivity index (χ0v) is 24.1. The van der Waals surface area contributed by atoms with Crippen LogP contribution < -0.4 is 9.64 Å². The molecule has 42 heavy (non-hydrogen) atoms. The van der Waals surface area contributed by atoms with Crippen LogP contribution in [0.2, 0.25) is 0 Å². The molecule has 0 saturated heterocycles. The van der Waals surface area contributed by atoms with Gasteiger partial charge in [-0.2, -0.15) is 26.3 Å². The number of hydrogen-bond donors (Lipinski definition) is 0. The standard InChI is InChI=1S/C26H24F9IN2O4/c1-14(12-36)41-23(40)37-8-4-6-20(19-5-3-7-21(22(19)37)42-26(33,34)35)38(15(2)39)13-16-9-17(24(27,28)29)11-18(10-16)25(30,31)32/h3,5,7,9-11,14,20H,4,6,8,12-13H2,1-2H3. The summed E-state index contributed by atoms with van der Waals surface area (Å²) in [6.07, 6.45) is -17.0. The fourth-order valence-electron chi connectivity index (χ4n) is 4.54. The first kappa shape index (κ1) is 33.6. The largest absolute Gasteiger partial charge is 0.573 e. The van der Waals surface area contributed by atoms with Gasteiger partial charge < -0.3 is 14.4 Å². The van der Waals surface area contributed by atoms with E-state index < -0.39 is 71.8 Å². The molecule has 16 heteroatoms. The molecule has 1 heterocycles. The molecule has 0 N–H and O–H groups in total. The molecule has 0 aromatic heterocycles. The van der Waals surface area contributed by atoms with Gasteiger partial charge in [0, 0.05) is 30.0 Å². The molecule has 0 saturated carbocycles. The smallest absolute Gasteiger partial charge is 0.445 e. The van der Waals surface area contributed by atoms with Gasteiger partial charge in [0.15, 0.2) is 5.75 Å². The summed E-state index contributed by atoms with van der Waals surface area (Å²) in [7, 11) is 0. The molecule has 0 bridgehead atoms. The molecule has 2 atom stereocenters. The minimum Gasteiger partial charge on any atom is -0.445 e. The first-order valence-electron chi connectivity index (χ1n) is 12.3. The number of rotatable bonds is 6. The van der Waals surface area contributed by atoms with Gasteiger partial charge in [-0.1, -0.05) is 34.7 Å². The molecular weight excluding hydrogens is 702 g/mol. The van der Waals surface area contributed by atoms with Crippen LogP contribution in [-0.4, -0.2) is 40.3 Å². The van der Waals surface area contributed by atoms with E-state index >= 15 is 0 Å². The first-order valence-corrected chi connectivity index (χ1v) is 13.8.